The van der Waals surface area contributed by atoms with E-state index in [9.17, 15) is 14.0 Å². The minimum atomic E-state index is -0.576. The summed E-state index contributed by atoms with van der Waals surface area (Å²) in [5.41, 5.74) is 0.330. The van der Waals surface area contributed by atoms with E-state index in [-0.39, 0.29) is 0 Å². The molecule has 0 aliphatic carbocycles. The topological polar surface area (TPSA) is 88.9 Å². The average Bonchev–Trinajstić information content (AvgIpc) is 2.88. The average molecular weight is 337 g/mol. The molecule has 0 spiro atoms. The molecular formula is C14H16FN5O2S. The molecule has 1 aromatic carbocycles. The lowest BCUT2D eigenvalue weighted by atomic mass is 10.2. The molecular weight excluding hydrogens is 321 g/mol. The van der Waals surface area contributed by atoms with Gasteiger partial charge in [-0.25, -0.2) is 9.18 Å². The van der Waals surface area contributed by atoms with E-state index in [0.29, 0.717) is 16.5 Å². The van der Waals surface area contributed by atoms with E-state index < -0.39 is 23.0 Å². The van der Waals surface area contributed by atoms with Crippen molar-refractivity contribution in [2.45, 2.75) is 17.3 Å². The highest BCUT2D eigenvalue weighted by atomic mass is 32.2. The Labute approximate surface area is 136 Å². The summed E-state index contributed by atoms with van der Waals surface area (Å²) in [5.74, 6) is -0.487. The van der Waals surface area contributed by atoms with Crippen molar-refractivity contribution in [3.8, 4) is 11.4 Å². The summed E-state index contributed by atoms with van der Waals surface area (Å²) >= 11 is 1.13. The first kappa shape index (κ1) is 16.9. The monoisotopic (exact) mass is 337 g/mol. The summed E-state index contributed by atoms with van der Waals surface area (Å²) in [4.78, 5) is 23.0. The maximum atomic E-state index is 13.8. The highest BCUT2D eigenvalue weighted by molar-refractivity contribution is 8.00. The standard InChI is InChI=1S/C14H16FN5O2S/c1-8(12(21)17-13(22)16-2)23-14-19-18-11(20(14)3)9-6-4-5-7-10(9)15/h4-8H,1-3H3,(H2,16,17,21,22). The van der Waals surface area contributed by atoms with E-state index >= 15 is 0 Å². The Morgan fingerprint density at radius 2 is 2.00 bits per heavy atom. The van der Waals surface area contributed by atoms with Gasteiger partial charge in [0.2, 0.25) is 5.91 Å². The third-order valence-corrected chi connectivity index (χ3v) is 4.20. The van der Waals surface area contributed by atoms with Crippen LogP contribution >= 0.6 is 11.8 Å². The quantitative estimate of drug-likeness (QED) is 0.827. The molecule has 1 atom stereocenters. The number of nitrogens with one attached hydrogen (secondary N) is 2. The normalized spacial score (nSPS) is 11.8. The molecule has 0 bridgehead atoms. The lowest BCUT2D eigenvalue weighted by Crippen LogP contribution is -2.41. The number of carbonyl (C=O) groups excluding carboxylic acids is 2. The molecule has 7 nitrogen and oxygen atoms in total. The zero-order chi connectivity index (χ0) is 17.0. The summed E-state index contributed by atoms with van der Waals surface area (Å²) in [5, 5.41) is 12.3. The lowest BCUT2D eigenvalue weighted by molar-refractivity contribution is -0.119. The zero-order valence-corrected chi connectivity index (χ0v) is 13.6. The molecule has 0 aliphatic heterocycles. The second-order valence-corrected chi connectivity index (χ2v) is 5.98. The van der Waals surface area contributed by atoms with Crippen LogP contribution in [0.1, 0.15) is 6.92 Å². The third kappa shape index (κ3) is 3.86. The first-order valence-electron chi connectivity index (χ1n) is 6.77. The number of amides is 3. The number of imide groups is 1. The van der Waals surface area contributed by atoms with Gasteiger partial charge >= 0.3 is 6.03 Å². The summed E-state index contributed by atoms with van der Waals surface area (Å²) in [6, 6.07) is 5.67. The van der Waals surface area contributed by atoms with E-state index in [2.05, 4.69) is 20.8 Å². The second-order valence-electron chi connectivity index (χ2n) is 4.67. The molecule has 0 saturated carbocycles. The van der Waals surface area contributed by atoms with Crippen molar-refractivity contribution in [2.75, 3.05) is 7.05 Å². The van der Waals surface area contributed by atoms with Gasteiger partial charge in [-0.2, -0.15) is 0 Å². The van der Waals surface area contributed by atoms with Gasteiger partial charge in [-0.1, -0.05) is 23.9 Å². The molecule has 0 aliphatic rings. The van der Waals surface area contributed by atoms with Crippen LogP contribution in [0, 0.1) is 5.82 Å². The Balaban J connectivity index is 2.15. The first-order valence-corrected chi connectivity index (χ1v) is 7.65. The molecule has 2 rings (SSSR count). The van der Waals surface area contributed by atoms with Crippen LogP contribution in [0.3, 0.4) is 0 Å². The van der Waals surface area contributed by atoms with E-state index in [1.54, 1.807) is 36.7 Å². The van der Waals surface area contributed by atoms with Crippen molar-refractivity contribution < 1.29 is 14.0 Å². The molecule has 1 aromatic heterocycles. The summed E-state index contributed by atoms with van der Waals surface area (Å²) < 4.78 is 15.4. The Morgan fingerprint density at radius 3 is 2.65 bits per heavy atom. The van der Waals surface area contributed by atoms with Crippen LogP contribution in [0.5, 0.6) is 0 Å². The molecule has 1 unspecified atom stereocenters. The number of hydrogen-bond donors (Lipinski definition) is 2. The van der Waals surface area contributed by atoms with E-state index in [0.717, 1.165) is 11.8 Å². The minimum absolute atomic E-state index is 0.330. The number of urea groups is 1. The molecule has 0 radical (unpaired) electrons. The van der Waals surface area contributed by atoms with Gasteiger partial charge in [0.25, 0.3) is 0 Å². The molecule has 2 aromatic rings. The lowest BCUT2D eigenvalue weighted by Gasteiger charge is -2.10. The van der Waals surface area contributed by atoms with Crippen molar-refractivity contribution in [1.29, 1.82) is 0 Å². The second kappa shape index (κ2) is 7.23. The Bertz CT molecular complexity index is 734. The molecule has 3 amide bonds. The van der Waals surface area contributed by atoms with Crippen molar-refractivity contribution in [2.24, 2.45) is 7.05 Å². The van der Waals surface area contributed by atoms with E-state index in [1.807, 2.05) is 0 Å². The van der Waals surface area contributed by atoms with E-state index in [1.165, 1.54) is 13.1 Å². The van der Waals surface area contributed by atoms with Crippen LogP contribution in [-0.2, 0) is 11.8 Å². The fourth-order valence-electron chi connectivity index (χ4n) is 1.78. The van der Waals surface area contributed by atoms with Gasteiger partial charge in [0.15, 0.2) is 11.0 Å². The Kier molecular flexibility index (Phi) is 5.32. The summed E-state index contributed by atoms with van der Waals surface area (Å²) in [6.45, 7) is 1.64. The molecule has 0 saturated heterocycles. The Hall–Kier alpha value is -2.42. The molecule has 1 heterocycles. The third-order valence-electron chi connectivity index (χ3n) is 3.06. The number of benzene rings is 1. The van der Waals surface area contributed by atoms with Gasteiger partial charge in [0.05, 0.1) is 10.8 Å². The molecule has 23 heavy (non-hydrogen) atoms. The van der Waals surface area contributed by atoms with Crippen LogP contribution in [-0.4, -0.2) is 39.0 Å². The summed E-state index contributed by atoms with van der Waals surface area (Å²) in [7, 11) is 3.11. The van der Waals surface area contributed by atoms with Crippen molar-refractivity contribution >= 4 is 23.7 Å². The predicted molar refractivity (Wildman–Crippen MR) is 84.3 cm³/mol. The predicted octanol–water partition coefficient (Wildman–Crippen LogP) is 1.56. The van der Waals surface area contributed by atoms with E-state index in [4.69, 9.17) is 0 Å². The highest BCUT2D eigenvalue weighted by Crippen LogP contribution is 2.26. The number of hydrogen-bond acceptors (Lipinski definition) is 5. The smallest absolute Gasteiger partial charge is 0.321 e. The van der Waals surface area contributed by atoms with Gasteiger partial charge in [-0.3, -0.25) is 10.1 Å². The first-order chi connectivity index (χ1) is 10.9. The van der Waals surface area contributed by atoms with Gasteiger partial charge < -0.3 is 9.88 Å². The van der Waals surface area contributed by atoms with Gasteiger partial charge in [-0.05, 0) is 19.1 Å². The van der Waals surface area contributed by atoms with Gasteiger partial charge in [0.1, 0.15) is 5.82 Å². The van der Waals surface area contributed by atoms with Crippen molar-refractivity contribution in [1.82, 2.24) is 25.4 Å². The summed E-state index contributed by atoms with van der Waals surface area (Å²) in [6.07, 6.45) is 0. The maximum Gasteiger partial charge on any atom is 0.321 e. The fraction of sp³-hybridized carbons (Fsp3) is 0.286. The van der Waals surface area contributed by atoms with Crippen molar-refractivity contribution in [3.05, 3.63) is 30.1 Å². The van der Waals surface area contributed by atoms with Crippen LogP contribution in [0.2, 0.25) is 0 Å². The van der Waals surface area contributed by atoms with Crippen LogP contribution in [0.4, 0.5) is 9.18 Å². The van der Waals surface area contributed by atoms with Crippen LogP contribution in [0.25, 0.3) is 11.4 Å². The maximum absolute atomic E-state index is 13.8. The molecule has 2 N–H and O–H groups in total. The van der Waals surface area contributed by atoms with Crippen molar-refractivity contribution in [3.63, 3.8) is 0 Å². The largest absolute Gasteiger partial charge is 0.341 e. The number of halogens is 1. The minimum Gasteiger partial charge on any atom is -0.341 e. The van der Waals surface area contributed by atoms with Crippen LogP contribution < -0.4 is 10.6 Å². The van der Waals surface area contributed by atoms with Gasteiger partial charge in [0, 0.05) is 14.1 Å². The fourth-order valence-corrected chi connectivity index (χ4v) is 2.60. The van der Waals surface area contributed by atoms with Crippen LogP contribution in [0.15, 0.2) is 29.4 Å². The van der Waals surface area contributed by atoms with Gasteiger partial charge in [-0.15, -0.1) is 10.2 Å². The number of nitrogens with zero attached hydrogens (tertiary/aromatic N) is 3. The number of carbonyl (C=O) groups is 2. The number of thioether (sulfide) groups is 1. The number of rotatable bonds is 4. The highest BCUT2D eigenvalue weighted by Gasteiger charge is 2.21. The Morgan fingerprint density at radius 1 is 1.30 bits per heavy atom. The molecule has 0 fully saturated rings. The number of aromatic nitrogens is 3. The molecule has 122 valence electrons. The molecule has 9 heteroatoms. The zero-order valence-electron chi connectivity index (χ0n) is 12.8. The SMILES string of the molecule is CNC(=O)NC(=O)C(C)Sc1nnc(-c2ccccc2F)n1C.